The minimum atomic E-state index is -0.973. The van der Waals surface area contributed by atoms with Gasteiger partial charge in [-0.2, -0.15) is 0 Å². The Morgan fingerprint density at radius 1 is 1.07 bits per heavy atom. The fourth-order valence-corrected chi connectivity index (χ4v) is 2.11. The van der Waals surface area contributed by atoms with Crippen molar-refractivity contribution in [2.24, 2.45) is 17.8 Å². The Morgan fingerprint density at radius 3 is 1.93 bits per heavy atom. The van der Waals surface area contributed by atoms with Gasteiger partial charge >= 0.3 is 71.1 Å². The van der Waals surface area contributed by atoms with Crippen LogP contribution in [0.2, 0.25) is 0 Å². The van der Waals surface area contributed by atoms with Crippen LogP contribution in [0.15, 0.2) is 0 Å². The van der Waals surface area contributed by atoms with Crippen molar-refractivity contribution in [2.45, 2.75) is 26.2 Å². The molecule has 0 aromatic heterocycles. The van der Waals surface area contributed by atoms with Crippen LogP contribution in [0, 0.1) is 17.8 Å². The van der Waals surface area contributed by atoms with Crippen molar-refractivity contribution in [3.8, 4) is 0 Å². The molecule has 4 nitrogen and oxygen atoms in total. The van der Waals surface area contributed by atoms with Gasteiger partial charge in [0, 0.05) is 0 Å². The van der Waals surface area contributed by atoms with E-state index in [-0.39, 0.29) is 65.0 Å². The van der Waals surface area contributed by atoms with E-state index in [1.807, 2.05) is 6.92 Å². The predicted octanol–water partition coefficient (Wildman–Crippen LogP) is -0.0890. The molecule has 1 aliphatic rings. The van der Waals surface area contributed by atoms with Crippen molar-refractivity contribution in [3.63, 3.8) is 0 Å². The molecule has 0 bridgehead atoms. The number of aliphatic carboxylic acids is 2. The molecule has 6 heteroatoms. The molecule has 15 heavy (non-hydrogen) atoms. The van der Waals surface area contributed by atoms with Gasteiger partial charge in [-0.1, -0.05) is 13.3 Å². The van der Waals surface area contributed by atoms with E-state index in [9.17, 15) is 9.59 Å². The number of hydrogen-bond donors (Lipinski definition) is 2. The molecular weight excluding hydrogens is 218 g/mol. The molecule has 0 spiro atoms. The van der Waals surface area contributed by atoms with Crippen molar-refractivity contribution in [3.05, 3.63) is 0 Å². The zero-order valence-corrected chi connectivity index (χ0v) is 7.56. The topological polar surface area (TPSA) is 74.6 Å². The Morgan fingerprint density at radius 2 is 1.60 bits per heavy atom. The summed E-state index contributed by atoms with van der Waals surface area (Å²) in [4.78, 5) is 21.6. The summed E-state index contributed by atoms with van der Waals surface area (Å²) in [5, 5.41) is 17.7. The molecule has 1 saturated carbocycles. The average Bonchev–Trinajstić information content (AvgIpc) is 2.02. The fraction of sp³-hybridized carbons (Fsp3) is 0.778. The first-order chi connectivity index (χ1) is 6.04. The van der Waals surface area contributed by atoms with Gasteiger partial charge < -0.3 is 10.2 Å². The van der Waals surface area contributed by atoms with Crippen LogP contribution >= 0.6 is 0 Å². The zero-order chi connectivity index (χ0) is 10.0. The van der Waals surface area contributed by atoms with Gasteiger partial charge in [0.1, 0.15) is 0 Å². The Labute approximate surface area is 133 Å². The fourth-order valence-electron chi connectivity index (χ4n) is 2.11. The van der Waals surface area contributed by atoms with Gasteiger partial charge in [-0.05, 0) is 18.8 Å². The van der Waals surface area contributed by atoms with Gasteiger partial charge in [0.2, 0.25) is 0 Å². The molecule has 78 valence electrons. The van der Waals surface area contributed by atoms with Crippen LogP contribution in [0.5, 0.6) is 0 Å². The second-order valence-corrected chi connectivity index (χ2v) is 3.72. The third-order valence-electron chi connectivity index (χ3n) is 2.82. The molecule has 0 heterocycles. The number of carboxylic acids is 2. The molecule has 0 amide bonds. The van der Waals surface area contributed by atoms with Crippen LogP contribution in [0.1, 0.15) is 26.2 Å². The molecule has 0 aromatic rings. The van der Waals surface area contributed by atoms with Crippen molar-refractivity contribution >= 4 is 71.1 Å². The summed E-state index contributed by atoms with van der Waals surface area (Å²) in [6, 6.07) is 0. The Bertz CT molecular complexity index is 232. The molecule has 0 radical (unpaired) electrons. The van der Waals surface area contributed by atoms with Gasteiger partial charge in [-0.25, -0.2) is 0 Å². The van der Waals surface area contributed by atoms with E-state index in [0.717, 1.165) is 12.8 Å². The first kappa shape index (κ1) is 18.3. The summed E-state index contributed by atoms with van der Waals surface area (Å²) in [6.07, 6.45) is 2.14. The average molecular weight is 234 g/mol. The summed E-state index contributed by atoms with van der Waals surface area (Å²) in [5.74, 6) is -3.36. The predicted molar refractivity (Wildman–Crippen MR) is 59.6 cm³/mol. The minimum absolute atomic E-state index is 0. The summed E-state index contributed by atoms with van der Waals surface area (Å²) in [7, 11) is 0. The van der Waals surface area contributed by atoms with Crippen LogP contribution in [-0.4, -0.2) is 81.3 Å². The van der Waals surface area contributed by atoms with Crippen molar-refractivity contribution in [2.75, 3.05) is 0 Å². The molecule has 1 rings (SSSR count). The first-order valence-electron chi connectivity index (χ1n) is 4.49. The summed E-state index contributed by atoms with van der Waals surface area (Å²) < 4.78 is 0. The third-order valence-corrected chi connectivity index (χ3v) is 2.82. The van der Waals surface area contributed by atoms with E-state index >= 15 is 0 Å². The standard InChI is InChI=1S/C9H14O4.2Na.2H/c1-5-3-2-4-6(8(10)11)7(5)9(12)13;;;;/h5-7H,2-4H2,1H3,(H,10,11)(H,12,13);;;;. The van der Waals surface area contributed by atoms with Gasteiger partial charge in [0.15, 0.2) is 0 Å². The molecule has 3 atom stereocenters. The normalized spacial score (nSPS) is 29.5. The number of rotatable bonds is 2. The summed E-state index contributed by atoms with van der Waals surface area (Å²) in [5.41, 5.74) is 0. The molecule has 1 fully saturated rings. The number of hydrogen-bond acceptors (Lipinski definition) is 2. The van der Waals surface area contributed by atoms with Crippen LogP contribution in [0.25, 0.3) is 0 Å². The van der Waals surface area contributed by atoms with Gasteiger partial charge in [0.05, 0.1) is 11.8 Å². The Hall–Kier alpha value is 0.940. The van der Waals surface area contributed by atoms with E-state index in [4.69, 9.17) is 10.2 Å². The molecule has 3 unspecified atom stereocenters. The first-order valence-corrected chi connectivity index (χ1v) is 4.49. The van der Waals surface area contributed by atoms with Gasteiger partial charge in [-0.15, -0.1) is 0 Å². The van der Waals surface area contributed by atoms with E-state index < -0.39 is 23.8 Å². The van der Waals surface area contributed by atoms with E-state index in [1.54, 1.807) is 0 Å². The van der Waals surface area contributed by atoms with E-state index in [0.29, 0.717) is 6.42 Å². The van der Waals surface area contributed by atoms with Crippen LogP contribution < -0.4 is 0 Å². The van der Waals surface area contributed by atoms with Crippen LogP contribution in [-0.2, 0) is 9.59 Å². The molecule has 0 aliphatic heterocycles. The number of carboxylic acid groups (broad SMARTS) is 2. The maximum absolute atomic E-state index is 10.8. The molecule has 1 aliphatic carbocycles. The zero-order valence-electron chi connectivity index (χ0n) is 7.56. The molecule has 2 N–H and O–H groups in total. The quantitative estimate of drug-likeness (QED) is 0.655. The second kappa shape index (κ2) is 8.09. The van der Waals surface area contributed by atoms with E-state index in [1.165, 1.54) is 0 Å². The number of carbonyl (C=O) groups is 2. The van der Waals surface area contributed by atoms with Gasteiger partial charge in [0.25, 0.3) is 0 Å². The monoisotopic (exact) mass is 234 g/mol. The third kappa shape index (κ3) is 4.75. The van der Waals surface area contributed by atoms with Crippen molar-refractivity contribution in [1.82, 2.24) is 0 Å². The van der Waals surface area contributed by atoms with Crippen LogP contribution in [0.3, 0.4) is 0 Å². The SMILES string of the molecule is CC1CCCC(C(=O)O)C1C(=O)O.[NaH].[NaH]. The molecular formula is C9H16Na2O4. The van der Waals surface area contributed by atoms with Gasteiger partial charge in [-0.3, -0.25) is 9.59 Å². The molecule has 0 aromatic carbocycles. The van der Waals surface area contributed by atoms with Crippen LogP contribution in [0.4, 0.5) is 0 Å². The van der Waals surface area contributed by atoms with Crippen molar-refractivity contribution < 1.29 is 19.8 Å². The summed E-state index contributed by atoms with van der Waals surface area (Å²) >= 11 is 0. The Balaban J connectivity index is 0. The van der Waals surface area contributed by atoms with E-state index in [2.05, 4.69) is 0 Å². The second-order valence-electron chi connectivity index (χ2n) is 3.72. The summed E-state index contributed by atoms with van der Waals surface area (Å²) in [6.45, 7) is 1.81. The maximum atomic E-state index is 10.8. The Kier molecular flexibility index (Phi) is 9.88. The van der Waals surface area contributed by atoms with Crippen molar-refractivity contribution in [1.29, 1.82) is 0 Å². The molecule has 0 saturated heterocycles.